The maximum Gasteiger partial charge on any atom is 0.130 e. The highest BCUT2D eigenvalue weighted by Gasteiger charge is 2.10. The summed E-state index contributed by atoms with van der Waals surface area (Å²) in [4.78, 5) is 0. The quantitative estimate of drug-likeness (QED) is 0.740. The van der Waals surface area contributed by atoms with E-state index in [1.54, 1.807) is 0 Å². The Labute approximate surface area is 74.8 Å². The Hall–Kier alpha value is -0.640. The van der Waals surface area contributed by atoms with Gasteiger partial charge in [-0.05, 0) is 12.1 Å². The van der Waals surface area contributed by atoms with E-state index in [-0.39, 0.29) is 12.1 Å². The standard InChI is InChI=1S/C8H9ClFNO/c9-5-1-2-6(7(10)3-5)8(12)4-11/h1-3,8,12H,4,11H2/t8-/m0/s1. The van der Waals surface area contributed by atoms with Crippen LogP contribution in [0.1, 0.15) is 11.7 Å². The minimum absolute atomic E-state index is 0.00144. The number of hydrogen-bond donors (Lipinski definition) is 2. The molecule has 3 N–H and O–H groups in total. The molecule has 66 valence electrons. The predicted octanol–water partition coefficient (Wildman–Crippen LogP) is 1.47. The smallest absolute Gasteiger partial charge is 0.130 e. The fraction of sp³-hybridized carbons (Fsp3) is 0.250. The van der Waals surface area contributed by atoms with Crippen molar-refractivity contribution in [3.63, 3.8) is 0 Å². The molecule has 0 saturated heterocycles. The first-order valence-electron chi connectivity index (χ1n) is 3.48. The normalized spacial score (nSPS) is 13.0. The molecular formula is C8H9ClFNO. The third-order valence-electron chi connectivity index (χ3n) is 1.54. The molecule has 0 heterocycles. The van der Waals surface area contributed by atoms with Crippen LogP contribution in [-0.4, -0.2) is 11.7 Å². The summed E-state index contributed by atoms with van der Waals surface area (Å²) in [5, 5.41) is 9.50. The molecule has 0 aliphatic carbocycles. The van der Waals surface area contributed by atoms with Crippen LogP contribution < -0.4 is 5.73 Å². The molecule has 0 aliphatic heterocycles. The maximum atomic E-state index is 13.0. The molecule has 2 nitrogen and oxygen atoms in total. The third kappa shape index (κ3) is 1.94. The summed E-state index contributed by atoms with van der Waals surface area (Å²) in [7, 11) is 0. The van der Waals surface area contributed by atoms with Crippen LogP contribution in [0.5, 0.6) is 0 Å². The molecule has 0 spiro atoms. The zero-order valence-electron chi connectivity index (χ0n) is 6.30. The van der Waals surface area contributed by atoms with Crippen molar-refractivity contribution in [1.29, 1.82) is 0 Å². The first-order valence-corrected chi connectivity index (χ1v) is 3.86. The molecular weight excluding hydrogens is 181 g/mol. The maximum absolute atomic E-state index is 13.0. The number of nitrogens with two attached hydrogens (primary N) is 1. The first-order chi connectivity index (χ1) is 5.65. The van der Waals surface area contributed by atoms with Gasteiger partial charge in [0.2, 0.25) is 0 Å². The second-order valence-corrected chi connectivity index (χ2v) is 2.85. The van der Waals surface area contributed by atoms with Crippen LogP contribution in [0.4, 0.5) is 4.39 Å². The van der Waals surface area contributed by atoms with Gasteiger partial charge in [-0.1, -0.05) is 17.7 Å². The fourth-order valence-corrected chi connectivity index (χ4v) is 1.06. The van der Waals surface area contributed by atoms with Crippen molar-refractivity contribution in [3.8, 4) is 0 Å². The van der Waals surface area contributed by atoms with Crippen LogP contribution >= 0.6 is 11.6 Å². The third-order valence-corrected chi connectivity index (χ3v) is 1.78. The summed E-state index contributed by atoms with van der Waals surface area (Å²) in [6, 6.07) is 4.09. The van der Waals surface area contributed by atoms with E-state index >= 15 is 0 Å². The average molecular weight is 190 g/mol. The second-order valence-electron chi connectivity index (χ2n) is 2.42. The molecule has 0 radical (unpaired) electrons. The Balaban J connectivity index is 3.01. The molecule has 0 unspecified atom stereocenters. The van der Waals surface area contributed by atoms with E-state index in [1.807, 2.05) is 0 Å². The van der Waals surface area contributed by atoms with E-state index < -0.39 is 11.9 Å². The molecule has 0 amide bonds. The lowest BCUT2D eigenvalue weighted by Gasteiger charge is -2.08. The van der Waals surface area contributed by atoms with Crippen molar-refractivity contribution < 1.29 is 9.50 Å². The van der Waals surface area contributed by atoms with E-state index in [4.69, 9.17) is 17.3 Å². The van der Waals surface area contributed by atoms with Gasteiger partial charge < -0.3 is 10.8 Å². The fourth-order valence-electron chi connectivity index (χ4n) is 0.899. The van der Waals surface area contributed by atoms with Crippen LogP contribution in [0.2, 0.25) is 5.02 Å². The summed E-state index contributed by atoms with van der Waals surface area (Å²) >= 11 is 5.51. The van der Waals surface area contributed by atoms with E-state index in [1.165, 1.54) is 12.1 Å². The minimum Gasteiger partial charge on any atom is -0.387 e. The Bertz CT molecular complexity index is 280. The number of benzene rings is 1. The molecule has 1 rings (SSSR count). The molecule has 0 bridgehead atoms. The summed E-state index contributed by atoms with van der Waals surface area (Å²) in [5.74, 6) is -0.527. The predicted molar refractivity (Wildman–Crippen MR) is 45.4 cm³/mol. The van der Waals surface area contributed by atoms with Gasteiger partial charge in [-0.2, -0.15) is 0 Å². The van der Waals surface area contributed by atoms with Gasteiger partial charge in [-0.25, -0.2) is 4.39 Å². The highest BCUT2D eigenvalue weighted by molar-refractivity contribution is 6.30. The Kier molecular flexibility index (Phi) is 3.03. The highest BCUT2D eigenvalue weighted by atomic mass is 35.5. The SMILES string of the molecule is NC[C@H](O)c1ccc(Cl)cc1F. The van der Waals surface area contributed by atoms with Crippen LogP contribution in [0, 0.1) is 5.82 Å². The van der Waals surface area contributed by atoms with E-state index in [9.17, 15) is 9.50 Å². The van der Waals surface area contributed by atoms with Crippen molar-refractivity contribution in [2.24, 2.45) is 5.73 Å². The van der Waals surface area contributed by atoms with Crippen molar-refractivity contribution in [3.05, 3.63) is 34.6 Å². The number of rotatable bonds is 2. The van der Waals surface area contributed by atoms with E-state index in [0.29, 0.717) is 5.02 Å². The van der Waals surface area contributed by atoms with E-state index in [0.717, 1.165) is 6.07 Å². The van der Waals surface area contributed by atoms with Crippen molar-refractivity contribution in [1.82, 2.24) is 0 Å². The lowest BCUT2D eigenvalue weighted by molar-refractivity contribution is 0.182. The molecule has 0 aliphatic rings. The molecule has 0 aromatic heterocycles. The van der Waals surface area contributed by atoms with Gasteiger partial charge in [0.15, 0.2) is 0 Å². The second kappa shape index (κ2) is 3.85. The average Bonchev–Trinajstić information content (AvgIpc) is 2.03. The van der Waals surface area contributed by atoms with Crippen LogP contribution in [-0.2, 0) is 0 Å². The zero-order valence-corrected chi connectivity index (χ0v) is 7.05. The van der Waals surface area contributed by atoms with Crippen LogP contribution in [0.3, 0.4) is 0 Å². The Morgan fingerprint density at radius 1 is 1.58 bits per heavy atom. The van der Waals surface area contributed by atoms with Crippen molar-refractivity contribution in [2.45, 2.75) is 6.10 Å². The number of aliphatic hydroxyl groups excluding tert-OH is 1. The molecule has 0 saturated carbocycles. The summed E-state index contributed by atoms with van der Waals surface area (Å²) in [6.07, 6.45) is -0.956. The zero-order chi connectivity index (χ0) is 9.14. The van der Waals surface area contributed by atoms with Gasteiger partial charge in [0.1, 0.15) is 5.82 Å². The topological polar surface area (TPSA) is 46.2 Å². The number of hydrogen-bond acceptors (Lipinski definition) is 2. The monoisotopic (exact) mass is 189 g/mol. The number of halogens is 2. The number of aliphatic hydroxyl groups is 1. The first kappa shape index (κ1) is 9.45. The lowest BCUT2D eigenvalue weighted by atomic mass is 10.1. The molecule has 1 aromatic carbocycles. The highest BCUT2D eigenvalue weighted by Crippen LogP contribution is 2.19. The van der Waals surface area contributed by atoms with Crippen LogP contribution in [0.15, 0.2) is 18.2 Å². The molecule has 1 atom stereocenters. The van der Waals surface area contributed by atoms with E-state index in [2.05, 4.69) is 0 Å². The lowest BCUT2D eigenvalue weighted by Crippen LogP contribution is -2.12. The van der Waals surface area contributed by atoms with Crippen molar-refractivity contribution in [2.75, 3.05) is 6.54 Å². The largest absolute Gasteiger partial charge is 0.387 e. The molecule has 4 heteroatoms. The summed E-state index contributed by atoms with van der Waals surface area (Å²) in [6.45, 7) is -0.00144. The van der Waals surface area contributed by atoms with Gasteiger partial charge >= 0.3 is 0 Å². The minimum atomic E-state index is -0.956. The van der Waals surface area contributed by atoms with Gasteiger partial charge in [0.25, 0.3) is 0 Å². The van der Waals surface area contributed by atoms with Gasteiger partial charge in [-0.15, -0.1) is 0 Å². The Morgan fingerprint density at radius 3 is 2.75 bits per heavy atom. The molecule has 0 fully saturated rings. The van der Waals surface area contributed by atoms with Gasteiger partial charge in [-0.3, -0.25) is 0 Å². The molecule has 12 heavy (non-hydrogen) atoms. The van der Waals surface area contributed by atoms with Gasteiger partial charge in [0.05, 0.1) is 6.10 Å². The summed E-state index contributed by atoms with van der Waals surface area (Å²) in [5.41, 5.74) is 5.34. The van der Waals surface area contributed by atoms with Crippen LogP contribution in [0.25, 0.3) is 0 Å². The molecule has 1 aromatic rings. The summed E-state index contributed by atoms with van der Waals surface area (Å²) < 4.78 is 13.0. The van der Waals surface area contributed by atoms with Crippen molar-refractivity contribution >= 4 is 11.6 Å². The Morgan fingerprint density at radius 2 is 2.25 bits per heavy atom. The van der Waals surface area contributed by atoms with Gasteiger partial charge in [0, 0.05) is 17.1 Å².